The number of thiazole rings is 1. The Morgan fingerprint density at radius 2 is 2.16 bits per heavy atom. The van der Waals surface area contributed by atoms with Crippen LogP contribution in [0, 0.1) is 6.92 Å². The molecule has 1 amide bonds. The van der Waals surface area contributed by atoms with Crippen LogP contribution >= 0.6 is 23.1 Å². The number of nitrogens with zero attached hydrogens (tertiary/aromatic N) is 5. The predicted molar refractivity (Wildman–Crippen MR) is 122 cm³/mol. The van der Waals surface area contributed by atoms with E-state index in [-0.39, 0.29) is 5.91 Å². The molecule has 1 aromatic carbocycles. The van der Waals surface area contributed by atoms with Crippen LogP contribution in [0.15, 0.2) is 46.2 Å². The SMILES string of the molecule is Cc1occc1-c1nnc(SCC(=O)N2CCC[C@H](c3nc4ccccc4s3)C2)n1C. The molecule has 4 heterocycles. The molecule has 0 N–H and O–H groups in total. The first-order chi connectivity index (χ1) is 15.1. The number of aromatic nitrogens is 4. The van der Waals surface area contributed by atoms with Crippen LogP contribution in [0.3, 0.4) is 0 Å². The molecule has 1 atom stereocenters. The van der Waals surface area contributed by atoms with Gasteiger partial charge in [0.25, 0.3) is 0 Å². The van der Waals surface area contributed by atoms with E-state index in [0.717, 1.165) is 58.8 Å². The highest BCUT2D eigenvalue weighted by atomic mass is 32.2. The van der Waals surface area contributed by atoms with Crippen LogP contribution in [-0.2, 0) is 11.8 Å². The van der Waals surface area contributed by atoms with Crippen molar-refractivity contribution >= 4 is 39.2 Å². The smallest absolute Gasteiger partial charge is 0.233 e. The standard InChI is InChI=1S/C22H23N5O2S2/c1-14-16(9-11-29-14)20-24-25-22(26(20)2)30-13-19(28)27-10-5-6-15(12-27)21-23-17-7-3-4-8-18(17)31-21/h3-4,7-9,11,15H,5-6,10,12-13H2,1-2H3/t15-/m0/s1. The minimum Gasteiger partial charge on any atom is -0.469 e. The quantitative estimate of drug-likeness (QED) is 0.414. The molecule has 9 heteroatoms. The Bertz CT molecular complexity index is 1190. The van der Waals surface area contributed by atoms with Gasteiger partial charge in [-0.25, -0.2) is 4.98 Å². The number of carbonyl (C=O) groups is 1. The van der Waals surface area contributed by atoms with Gasteiger partial charge >= 0.3 is 0 Å². The summed E-state index contributed by atoms with van der Waals surface area (Å²) in [6, 6.07) is 10.1. The van der Waals surface area contributed by atoms with Crippen molar-refractivity contribution in [2.45, 2.75) is 30.8 Å². The molecule has 31 heavy (non-hydrogen) atoms. The molecule has 1 fully saturated rings. The molecule has 1 aliphatic rings. The summed E-state index contributed by atoms with van der Waals surface area (Å²) < 4.78 is 8.50. The van der Waals surface area contributed by atoms with Crippen molar-refractivity contribution in [3.8, 4) is 11.4 Å². The Kier molecular flexibility index (Phi) is 5.54. The van der Waals surface area contributed by atoms with Crippen LogP contribution in [0.2, 0.25) is 0 Å². The number of amides is 1. The van der Waals surface area contributed by atoms with Crippen molar-refractivity contribution in [3.63, 3.8) is 0 Å². The number of benzene rings is 1. The highest BCUT2D eigenvalue weighted by Gasteiger charge is 2.27. The Labute approximate surface area is 188 Å². The summed E-state index contributed by atoms with van der Waals surface area (Å²) in [4.78, 5) is 19.7. The van der Waals surface area contributed by atoms with E-state index in [1.807, 2.05) is 41.6 Å². The molecule has 0 unspecified atom stereocenters. The van der Waals surface area contributed by atoms with Gasteiger partial charge in [-0.05, 0) is 38.0 Å². The van der Waals surface area contributed by atoms with E-state index in [9.17, 15) is 4.79 Å². The van der Waals surface area contributed by atoms with E-state index in [0.29, 0.717) is 11.7 Å². The van der Waals surface area contributed by atoms with Crippen LogP contribution in [0.1, 0.15) is 29.5 Å². The predicted octanol–water partition coefficient (Wildman–Crippen LogP) is 4.49. The van der Waals surface area contributed by atoms with Crippen molar-refractivity contribution in [2.75, 3.05) is 18.8 Å². The number of hydrogen-bond donors (Lipinski definition) is 0. The van der Waals surface area contributed by atoms with Gasteiger partial charge in [-0.2, -0.15) is 0 Å². The molecule has 0 radical (unpaired) electrons. The van der Waals surface area contributed by atoms with Gasteiger partial charge in [-0.15, -0.1) is 21.5 Å². The number of para-hydroxylation sites is 1. The normalized spacial score (nSPS) is 16.8. The topological polar surface area (TPSA) is 77.1 Å². The summed E-state index contributed by atoms with van der Waals surface area (Å²) >= 11 is 3.18. The van der Waals surface area contributed by atoms with Gasteiger partial charge in [0.1, 0.15) is 5.76 Å². The molecule has 3 aromatic heterocycles. The van der Waals surface area contributed by atoms with E-state index in [2.05, 4.69) is 22.3 Å². The maximum Gasteiger partial charge on any atom is 0.233 e. The first-order valence-corrected chi connectivity index (χ1v) is 12.1. The minimum absolute atomic E-state index is 0.139. The fourth-order valence-electron chi connectivity index (χ4n) is 3.98. The van der Waals surface area contributed by atoms with Crippen molar-refractivity contribution in [2.24, 2.45) is 7.05 Å². The average Bonchev–Trinajstić information content (AvgIpc) is 3.50. The van der Waals surface area contributed by atoms with E-state index in [1.165, 1.54) is 16.5 Å². The molecule has 1 aliphatic heterocycles. The zero-order valence-corrected chi connectivity index (χ0v) is 19.1. The molecule has 7 nitrogen and oxygen atoms in total. The molecule has 5 rings (SSSR count). The lowest BCUT2D eigenvalue weighted by Crippen LogP contribution is -2.40. The van der Waals surface area contributed by atoms with Crippen LogP contribution in [-0.4, -0.2) is 49.4 Å². The number of aryl methyl sites for hydroxylation is 1. The van der Waals surface area contributed by atoms with E-state index in [4.69, 9.17) is 9.40 Å². The maximum absolute atomic E-state index is 12.9. The van der Waals surface area contributed by atoms with Gasteiger partial charge in [0, 0.05) is 26.1 Å². The third-order valence-electron chi connectivity index (χ3n) is 5.69. The Balaban J connectivity index is 1.24. The summed E-state index contributed by atoms with van der Waals surface area (Å²) in [5, 5.41) is 10.4. The third kappa shape index (κ3) is 3.99. The molecule has 1 saturated heterocycles. The highest BCUT2D eigenvalue weighted by molar-refractivity contribution is 7.99. The lowest BCUT2D eigenvalue weighted by Gasteiger charge is -2.31. The van der Waals surface area contributed by atoms with Crippen LogP contribution < -0.4 is 0 Å². The van der Waals surface area contributed by atoms with Gasteiger partial charge in [-0.3, -0.25) is 4.79 Å². The Morgan fingerprint density at radius 3 is 2.97 bits per heavy atom. The average molecular weight is 454 g/mol. The fraction of sp³-hybridized carbons (Fsp3) is 0.364. The van der Waals surface area contributed by atoms with Gasteiger partial charge in [-0.1, -0.05) is 23.9 Å². The molecule has 0 spiro atoms. The number of carbonyl (C=O) groups excluding carboxylic acids is 1. The second-order valence-corrected chi connectivity index (χ2v) is 9.75. The maximum atomic E-state index is 12.9. The molecular formula is C22H23N5O2S2. The Hall–Kier alpha value is -2.65. The first-order valence-electron chi connectivity index (χ1n) is 10.3. The number of piperidine rings is 1. The molecule has 0 bridgehead atoms. The molecular weight excluding hydrogens is 430 g/mol. The van der Waals surface area contributed by atoms with Crippen molar-refractivity contribution in [1.82, 2.24) is 24.6 Å². The van der Waals surface area contributed by atoms with Gasteiger partial charge < -0.3 is 13.9 Å². The van der Waals surface area contributed by atoms with Gasteiger partial charge in [0.05, 0.1) is 32.8 Å². The number of hydrogen-bond acceptors (Lipinski definition) is 7. The van der Waals surface area contributed by atoms with Gasteiger partial charge in [0.2, 0.25) is 5.91 Å². The second kappa shape index (κ2) is 8.47. The van der Waals surface area contributed by atoms with Crippen LogP contribution in [0.25, 0.3) is 21.6 Å². The summed E-state index contributed by atoms with van der Waals surface area (Å²) in [6.07, 6.45) is 3.73. The number of thioether (sulfide) groups is 1. The molecule has 0 aliphatic carbocycles. The Morgan fingerprint density at radius 1 is 1.29 bits per heavy atom. The number of rotatable bonds is 5. The zero-order chi connectivity index (χ0) is 21.4. The van der Waals surface area contributed by atoms with Crippen molar-refractivity contribution in [1.29, 1.82) is 0 Å². The van der Waals surface area contributed by atoms with E-state index < -0.39 is 0 Å². The van der Waals surface area contributed by atoms with Crippen molar-refractivity contribution in [3.05, 3.63) is 47.4 Å². The van der Waals surface area contributed by atoms with E-state index in [1.54, 1.807) is 17.6 Å². The second-order valence-electron chi connectivity index (χ2n) is 7.74. The minimum atomic E-state index is 0.139. The molecule has 4 aromatic rings. The molecule has 0 saturated carbocycles. The largest absolute Gasteiger partial charge is 0.469 e. The number of likely N-dealkylation sites (tertiary alicyclic amines) is 1. The summed E-state index contributed by atoms with van der Waals surface area (Å²) in [7, 11) is 1.92. The van der Waals surface area contributed by atoms with Crippen molar-refractivity contribution < 1.29 is 9.21 Å². The highest BCUT2D eigenvalue weighted by Crippen LogP contribution is 2.33. The number of fused-ring (bicyclic) bond motifs is 1. The van der Waals surface area contributed by atoms with E-state index >= 15 is 0 Å². The van der Waals surface area contributed by atoms with Crippen LogP contribution in [0.4, 0.5) is 0 Å². The number of furan rings is 1. The lowest BCUT2D eigenvalue weighted by molar-refractivity contribution is -0.129. The lowest BCUT2D eigenvalue weighted by atomic mass is 9.99. The monoisotopic (exact) mass is 453 g/mol. The van der Waals surface area contributed by atoms with Crippen LogP contribution in [0.5, 0.6) is 0 Å². The molecule has 160 valence electrons. The third-order valence-corrected chi connectivity index (χ3v) is 7.90. The summed E-state index contributed by atoms with van der Waals surface area (Å²) in [6.45, 7) is 3.44. The van der Waals surface area contributed by atoms with Gasteiger partial charge in [0.15, 0.2) is 11.0 Å². The fourth-order valence-corrected chi connectivity index (χ4v) is 5.89. The first kappa shape index (κ1) is 20.3. The zero-order valence-electron chi connectivity index (χ0n) is 17.4. The summed E-state index contributed by atoms with van der Waals surface area (Å²) in [5.74, 6) is 2.35. The summed E-state index contributed by atoms with van der Waals surface area (Å²) in [5.41, 5.74) is 1.97.